The molecule has 1 saturated heterocycles. The average Bonchev–Trinajstić information content (AvgIpc) is 2.82. The van der Waals surface area contributed by atoms with E-state index in [1.54, 1.807) is 4.90 Å². The lowest BCUT2D eigenvalue weighted by Gasteiger charge is -2.19. The number of aryl methyl sites for hydroxylation is 1. The summed E-state index contributed by atoms with van der Waals surface area (Å²) in [5, 5.41) is 0. The Morgan fingerprint density at radius 3 is 2.67 bits per heavy atom. The van der Waals surface area contributed by atoms with Gasteiger partial charge in [0.25, 0.3) is 15.0 Å². The van der Waals surface area contributed by atoms with Crippen LogP contribution in [0, 0.1) is 6.92 Å². The standard InChI is InChI=1S/C11H14ClNO4S/c1-7-4-3-5-13(7)11(14)9-6-10(8(2)17-9)18(12,15)16/h6-7H,3-5H2,1-2H3. The molecule has 1 aromatic heterocycles. The molecule has 0 spiro atoms. The van der Waals surface area contributed by atoms with Gasteiger partial charge in [0, 0.05) is 29.3 Å². The van der Waals surface area contributed by atoms with Crippen LogP contribution in [0.3, 0.4) is 0 Å². The van der Waals surface area contributed by atoms with Gasteiger partial charge in [0.2, 0.25) is 0 Å². The third kappa shape index (κ3) is 2.40. The summed E-state index contributed by atoms with van der Waals surface area (Å²) in [6.45, 7) is 4.10. The molecule has 0 radical (unpaired) electrons. The second kappa shape index (κ2) is 4.59. The van der Waals surface area contributed by atoms with Crippen LogP contribution in [0.1, 0.15) is 36.1 Å². The van der Waals surface area contributed by atoms with Crippen molar-refractivity contribution in [3.05, 3.63) is 17.6 Å². The maximum absolute atomic E-state index is 12.1. The fourth-order valence-corrected chi connectivity index (χ4v) is 3.28. The summed E-state index contributed by atoms with van der Waals surface area (Å²) >= 11 is 0. The fourth-order valence-electron chi connectivity index (χ4n) is 2.19. The summed E-state index contributed by atoms with van der Waals surface area (Å²) in [6.07, 6.45) is 1.90. The highest BCUT2D eigenvalue weighted by molar-refractivity contribution is 8.13. The first-order valence-corrected chi connectivity index (χ1v) is 7.97. The average molecular weight is 292 g/mol. The second-order valence-corrected chi connectivity index (χ2v) is 6.99. The Bertz CT molecular complexity index is 578. The molecule has 1 amide bonds. The van der Waals surface area contributed by atoms with Crippen LogP contribution in [-0.2, 0) is 9.05 Å². The van der Waals surface area contributed by atoms with Crippen molar-refractivity contribution in [3.63, 3.8) is 0 Å². The minimum atomic E-state index is -3.88. The van der Waals surface area contributed by atoms with Gasteiger partial charge in [-0.1, -0.05) is 0 Å². The number of amides is 1. The van der Waals surface area contributed by atoms with Gasteiger partial charge < -0.3 is 9.32 Å². The summed E-state index contributed by atoms with van der Waals surface area (Å²) < 4.78 is 27.7. The number of nitrogens with zero attached hydrogens (tertiary/aromatic N) is 1. The Morgan fingerprint density at radius 1 is 1.56 bits per heavy atom. The van der Waals surface area contributed by atoms with Gasteiger partial charge in [-0.2, -0.15) is 0 Å². The summed E-state index contributed by atoms with van der Waals surface area (Å²) in [7, 11) is 1.38. The minimum absolute atomic E-state index is 0.0282. The first-order chi connectivity index (χ1) is 8.30. The Labute approximate surface area is 110 Å². The lowest BCUT2D eigenvalue weighted by atomic mass is 10.2. The molecule has 7 heteroatoms. The van der Waals surface area contributed by atoms with E-state index in [0.29, 0.717) is 6.54 Å². The smallest absolute Gasteiger partial charge is 0.289 e. The fraction of sp³-hybridized carbons (Fsp3) is 0.545. The van der Waals surface area contributed by atoms with E-state index in [4.69, 9.17) is 15.1 Å². The molecule has 1 unspecified atom stereocenters. The van der Waals surface area contributed by atoms with Gasteiger partial charge >= 0.3 is 0 Å². The topological polar surface area (TPSA) is 67.6 Å². The van der Waals surface area contributed by atoms with Gasteiger partial charge in [-0.25, -0.2) is 8.42 Å². The number of furan rings is 1. The third-order valence-corrected chi connectivity index (χ3v) is 4.59. The molecule has 5 nitrogen and oxygen atoms in total. The van der Waals surface area contributed by atoms with E-state index >= 15 is 0 Å². The first kappa shape index (κ1) is 13.4. The molecule has 0 N–H and O–H groups in total. The third-order valence-electron chi connectivity index (χ3n) is 3.16. The summed E-state index contributed by atoms with van der Waals surface area (Å²) in [4.78, 5) is 13.7. The van der Waals surface area contributed by atoms with Gasteiger partial charge in [-0.3, -0.25) is 4.79 Å². The molecule has 2 heterocycles. The minimum Gasteiger partial charge on any atom is -0.455 e. The molecule has 100 valence electrons. The van der Waals surface area contributed by atoms with Gasteiger partial charge in [-0.15, -0.1) is 0 Å². The highest BCUT2D eigenvalue weighted by atomic mass is 35.7. The molecule has 1 aliphatic heterocycles. The molecule has 2 rings (SSSR count). The molecule has 1 aromatic rings. The number of carbonyl (C=O) groups is 1. The van der Waals surface area contributed by atoms with Gasteiger partial charge in [0.1, 0.15) is 10.7 Å². The molecule has 1 atom stereocenters. The van der Waals surface area contributed by atoms with Crippen LogP contribution in [0.4, 0.5) is 0 Å². The van der Waals surface area contributed by atoms with Crippen molar-refractivity contribution in [2.24, 2.45) is 0 Å². The van der Waals surface area contributed by atoms with Crippen molar-refractivity contribution in [1.82, 2.24) is 4.90 Å². The van der Waals surface area contributed by atoms with Crippen LogP contribution in [0.25, 0.3) is 0 Å². The molecule has 1 fully saturated rings. The Kier molecular flexibility index (Phi) is 3.42. The number of hydrogen-bond donors (Lipinski definition) is 0. The van der Waals surface area contributed by atoms with E-state index in [9.17, 15) is 13.2 Å². The SMILES string of the molecule is Cc1oc(C(=O)N2CCCC2C)cc1S(=O)(=O)Cl. The second-order valence-electron chi connectivity index (χ2n) is 4.46. The highest BCUT2D eigenvalue weighted by Gasteiger charge is 2.30. The van der Waals surface area contributed by atoms with E-state index in [2.05, 4.69) is 0 Å². The number of likely N-dealkylation sites (tertiary alicyclic amines) is 1. The van der Waals surface area contributed by atoms with Crippen molar-refractivity contribution < 1.29 is 17.6 Å². The Balaban J connectivity index is 2.33. The molecule has 18 heavy (non-hydrogen) atoms. The maximum Gasteiger partial charge on any atom is 0.289 e. The summed E-state index contributed by atoms with van der Waals surface area (Å²) in [6, 6.07) is 1.35. The maximum atomic E-state index is 12.1. The van der Waals surface area contributed by atoms with E-state index in [-0.39, 0.29) is 28.4 Å². The monoisotopic (exact) mass is 291 g/mol. The van der Waals surface area contributed by atoms with Crippen molar-refractivity contribution >= 4 is 25.6 Å². The zero-order valence-electron chi connectivity index (χ0n) is 10.1. The first-order valence-electron chi connectivity index (χ1n) is 5.67. The van der Waals surface area contributed by atoms with Crippen molar-refractivity contribution in [3.8, 4) is 0 Å². The van der Waals surface area contributed by atoms with Crippen LogP contribution in [0.2, 0.25) is 0 Å². The van der Waals surface area contributed by atoms with Crippen molar-refractivity contribution in [1.29, 1.82) is 0 Å². The Morgan fingerprint density at radius 2 is 2.22 bits per heavy atom. The molecular weight excluding hydrogens is 278 g/mol. The van der Waals surface area contributed by atoms with Crippen LogP contribution in [-0.4, -0.2) is 31.8 Å². The van der Waals surface area contributed by atoms with Crippen LogP contribution < -0.4 is 0 Å². The van der Waals surface area contributed by atoms with Crippen LogP contribution in [0.15, 0.2) is 15.4 Å². The van der Waals surface area contributed by atoms with E-state index in [1.807, 2.05) is 6.92 Å². The number of halogens is 1. The molecule has 0 bridgehead atoms. The molecule has 0 aromatic carbocycles. The van der Waals surface area contributed by atoms with Crippen LogP contribution >= 0.6 is 10.7 Å². The van der Waals surface area contributed by atoms with Gasteiger partial charge in [-0.05, 0) is 26.7 Å². The molecule has 0 saturated carbocycles. The van der Waals surface area contributed by atoms with Gasteiger partial charge in [0.05, 0.1) is 0 Å². The van der Waals surface area contributed by atoms with Crippen molar-refractivity contribution in [2.45, 2.75) is 37.6 Å². The lowest BCUT2D eigenvalue weighted by Crippen LogP contribution is -2.33. The quantitative estimate of drug-likeness (QED) is 0.783. The largest absolute Gasteiger partial charge is 0.455 e. The normalized spacial score (nSPS) is 20.4. The number of carbonyl (C=O) groups excluding carboxylic acids is 1. The van der Waals surface area contributed by atoms with Crippen LogP contribution in [0.5, 0.6) is 0 Å². The number of hydrogen-bond acceptors (Lipinski definition) is 4. The van der Waals surface area contributed by atoms with Gasteiger partial charge in [0.15, 0.2) is 5.76 Å². The zero-order valence-corrected chi connectivity index (χ0v) is 11.7. The number of rotatable bonds is 2. The summed E-state index contributed by atoms with van der Waals surface area (Å²) in [5.74, 6) is -0.115. The Hall–Kier alpha value is -1.01. The summed E-state index contributed by atoms with van der Waals surface area (Å²) in [5.41, 5.74) is 0. The highest BCUT2D eigenvalue weighted by Crippen LogP contribution is 2.26. The van der Waals surface area contributed by atoms with E-state index in [0.717, 1.165) is 12.8 Å². The predicted molar refractivity (Wildman–Crippen MR) is 66.2 cm³/mol. The molecule has 0 aliphatic carbocycles. The lowest BCUT2D eigenvalue weighted by molar-refractivity contribution is 0.0714. The van der Waals surface area contributed by atoms with E-state index in [1.165, 1.54) is 13.0 Å². The predicted octanol–water partition coefficient (Wildman–Crippen LogP) is 2.14. The zero-order chi connectivity index (χ0) is 13.5. The van der Waals surface area contributed by atoms with Crippen molar-refractivity contribution in [2.75, 3.05) is 6.54 Å². The molecule has 1 aliphatic rings. The molecular formula is C11H14ClNO4S. The van der Waals surface area contributed by atoms with E-state index < -0.39 is 9.05 Å².